The molecule has 0 radical (unpaired) electrons. The zero-order valence-corrected chi connectivity index (χ0v) is 9.40. The minimum absolute atomic E-state index is 0.117. The van der Waals surface area contributed by atoms with Crippen LogP contribution in [0.25, 0.3) is 0 Å². The van der Waals surface area contributed by atoms with Crippen LogP contribution in [-0.4, -0.2) is 17.1 Å². The standard InChI is InChI=1S/C12H16FNO2/c1-3-11(15)14-8(2)12(16)9-4-6-10(13)7-5-9/h4-8,12,16H,3H2,1-2H3,(H,14,15). The van der Waals surface area contributed by atoms with E-state index in [4.69, 9.17) is 0 Å². The molecule has 2 N–H and O–H groups in total. The van der Waals surface area contributed by atoms with E-state index in [9.17, 15) is 14.3 Å². The van der Waals surface area contributed by atoms with E-state index in [0.717, 1.165) is 0 Å². The van der Waals surface area contributed by atoms with Crippen molar-refractivity contribution in [3.05, 3.63) is 35.6 Å². The van der Waals surface area contributed by atoms with Crippen LogP contribution in [0.2, 0.25) is 0 Å². The second kappa shape index (κ2) is 5.61. The van der Waals surface area contributed by atoms with Gasteiger partial charge in [-0.05, 0) is 24.6 Å². The largest absolute Gasteiger partial charge is 0.386 e. The molecule has 0 spiro atoms. The zero-order chi connectivity index (χ0) is 12.1. The Morgan fingerprint density at radius 1 is 1.44 bits per heavy atom. The molecule has 3 nitrogen and oxygen atoms in total. The molecule has 0 aliphatic heterocycles. The number of benzene rings is 1. The molecule has 1 amide bonds. The highest BCUT2D eigenvalue weighted by atomic mass is 19.1. The van der Waals surface area contributed by atoms with Crippen molar-refractivity contribution in [2.24, 2.45) is 0 Å². The van der Waals surface area contributed by atoms with Crippen molar-refractivity contribution < 1.29 is 14.3 Å². The molecule has 0 fully saturated rings. The molecule has 0 aromatic heterocycles. The molecule has 0 bridgehead atoms. The average Bonchev–Trinajstić information content (AvgIpc) is 2.28. The number of rotatable bonds is 4. The van der Waals surface area contributed by atoms with Gasteiger partial charge in [0.15, 0.2) is 0 Å². The van der Waals surface area contributed by atoms with E-state index >= 15 is 0 Å². The third-order valence-electron chi connectivity index (χ3n) is 2.39. The lowest BCUT2D eigenvalue weighted by molar-refractivity contribution is -0.122. The average molecular weight is 225 g/mol. The van der Waals surface area contributed by atoms with Gasteiger partial charge in [0, 0.05) is 6.42 Å². The Bertz CT molecular complexity index is 351. The van der Waals surface area contributed by atoms with Crippen molar-refractivity contribution in [3.63, 3.8) is 0 Å². The van der Waals surface area contributed by atoms with E-state index in [-0.39, 0.29) is 11.7 Å². The quantitative estimate of drug-likeness (QED) is 0.820. The summed E-state index contributed by atoms with van der Waals surface area (Å²) in [5.74, 6) is -0.463. The summed E-state index contributed by atoms with van der Waals surface area (Å²) in [7, 11) is 0. The van der Waals surface area contributed by atoms with Crippen molar-refractivity contribution in [2.45, 2.75) is 32.4 Å². The van der Waals surface area contributed by atoms with Gasteiger partial charge in [0.2, 0.25) is 5.91 Å². The van der Waals surface area contributed by atoms with E-state index in [1.807, 2.05) is 0 Å². The second-order valence-electron chi connectivity index (χ2n) is 3.71. The predicted octanol–water partition coefficient (Wildman–Crippen LogP) is 1.77. The minimum atomic E-state index is -0.823. The van der Waals surface area contributed by atoms with Crippen LogP contribution in [-0.2, 0) is 4.79 Å². The van der Waals surface area contributed by atoms with E-state index in [1.165, 1.54) is 24.3 Å². The highest BCUT2D eigenvalue weighted by Crippen LogP contribution is 2.17. The molecule has 0 heterocycles. The summed E-state index contributed by atoms with van der Waals surface area (Å²) < 4.78 is 12.7. The van der Waals surface area contributed by atoms with Gasteiger partial charge in [0.1, 0.15) is 5.82 Å². The fourth-order valence-electron chi connectivity index (χ4n) is 1.38. The Balaban J connectivity index is 2.66. The monoisotopic (exact) mass is 225 g/mol. The van der Waals surface area contributed by atoms with Gasteiger partial charge < -0.3 is 10.4 Å². The Hall–Kier alpha value is -1.42. The number of carbonyl (C=O) groups is 1. The lowest BCUT2D eigenvalue weighted by atomic mass is 10.0. The second-order valence-corrected chi connectivity index (χ2v) is 3.71. The first kappa shape index (κ1) is 12.6. The summed E-state index contributed by atoms with van der Waals surface area (Å²) in [5.41, 5.74) is 0.588. The number of halogens is 1. The van der Waals surface area contributed by atoms with Gasteiger partial charge in [-0.15, -0.1) is 0 Å². The van der Waals surface area contributed by atoms with E-state index in [2.05, 4.69) is 5.32 Å². The molecule has 0 aliphatic carbocycles. The third kappa shape index (κ3) is 3.31. The van der Waals surface area contributed by atoms with Crippen molar-refractivity contribution in [1.29, 1.82) is 0 Å². The van der Waals surface area contributed by atoms with Gasteiger partial charge in [0.25, 0.3) is 0 Å². The van der Waals surface area contributed by atoms with Crippen LogP contribution in [0.3, 0.4) is 0 Å². The number of carbonyl (C=O) groups excluding carboxylic acids is 1. The summed E-state index contributed by atoms with van der Waals surface area (Å²) in [6.07, 6.45) is -0.448. The number of nitrogens with one attached hydrogen (secondary N) is 1. The van der Waals surface area contributed by atoms with Crippen LogP contribution in [0.15, 0.2) is 24.3 Å². The van der Waals surface area contributed by atoms with Crippen molar-refractivity contribution in [1.82, 2.24) is 5.32 Å². The first-order valence-corrected chi connectivity index (χ1v) is 5.27. The molecular weight excluding hydrogens is 209 g/mol. The molecule has 4 heteroatoms. The Labute approximate surface area is 94.3 Å². The summed E-state index contributed by atoms with van der Waals surface area (Å²) in [6.45, 7) is 3.45. The first-order chi connectivity index (χ1) is 7.54. The fraction of sp³-hybridized carbons (Fsp3) is 0.417. The van der Waals surface area contributed by atoms with Gasteiger partial charge in [-0.1, -0.05) is 19.1 Å². The zero-order valence-electron chi connectivity index (χ0n) is 9.40. The Morgan fingerprint density at radius 2 is 2.00 bits per heavy atom. The lowest BCUT2D eigenvalue weighted by Gasteiger charge is -2.20. The third-order valence-corrected chi connectivity index (χ3v) is 2.39. The predicted molar refractivity (Wildman–Crippen MR) is 59.3 cm³/mol. The van der Waals surface area contributed by atoms with Crippen LogP contribution in [0.4, 0.5) is 4.39 Å². The summed E-state index contributed by atoms with van der Waals surface area (Å²) in [5, 5.41) is 12.5. The van der Waals surface area contributed by atoms with Gasteiger partial charge in [0.05, 0.1) is 12.1 Å². The van der Waals surface area contributed by atoms with Crippen molar-refractivity contribution in [3.8, 4) is 0 Å². The van der Waals surface area contributed by atoms with Crippen LogP contribution >= 0.6 is 0 Å². The highest BCUT2D eigenvalue weighted by molar-refractivity contribution is 5.75. The fourth-order valence-corrected chi connectivity index (χ4v) is 1.38. The van der Waals surface area contributed by atoms with Gasteiger partial charge in [-0.3, -0.25) is 4.79 Å². The lowest BCUT2D eigenvalue weighted by Crippen LogP contribution is -2.36. The van der Waals surface area contributed by atoms with E-state index < -0.39 is 12.1 Å². The molecule has 1 aromatic rings. The maximum atomic E-state index is 12.7. The minimum Gasteiger partial charge on any atom is -0.386 e. The molecule has 1 rings (SSSR count). The van der Waals surface area contributed by atoms with Gasteiger partial charge >= 0.3 is 0 Å². The molecule has 16 heavy (non-hydrogen) atoms. The maximum absolute atomic E-state index is 12.7. The molecule has 88 valence electrons. The van der Waals surface area contributed by atoms with E-state index in [1.54, 1.807) is 13.8 Å². The first-order valence-electron chi connectivity index (χ1n) is 5.27. The summed E-state index contributed by atoms with van der Waals surface area (Å²) in [4.78, 5) is 11.1. The van der Waals surface area contributed by atoms with Crippen LogP contribution in [0.5, 0.6) is 0 Å². The molecular formula is C12H16FNO2. The number of hydrogen-bond donors (Lipinski definition) is 2. The number of aliphatic hydroxyl groups is 1. The van der Waals surface area contributed by atoms with Crippen LogP contribution in [0, 0.1) is 5.82 Å². The number of aliphatic hydroxyl groups excluding tert-OH is 1. The summed E-state index contributed by atoms with van der Waals surface area (Å²) >= 11 is 0. The number of amides is 1. The summed E-state index contributed by atoms with van der Waals surface area (Å²) in [6, 6.07) is 5.20. The molecule has 1 aromatic carbocycles. The maximum Gasteiger partial charge on any atom is 0.220 e. The van der Waals surface area contributed by atoms with Crippen molar-refractivity contribution >= 4 is 5.91 Å². The van der Waals surface area contributed by atoms with Crippen molar-refractivity contribution in [2.75, 3.05) is 0 Å². The SMILES string of the molecule is CCC(=O)NC(C)C(O)c1ccc(F)cc1. The smallest absolute Gasteiger partial charge is 0.220 e. The highest BCUT2D eigenvalue weighted by Gasteiger charge is 2.17. The van der Waals surface area contributed by atoms with E-state index in [0.29, 0.717) is 12.0 Å². The van der Waals surface area contributed by atoms with Gasteiger partial charge in [-0.25, -0.2) is 4.39 Å². The van der Waals surface area contributed by atoms with Crippen LogP contribution < -0.4 is 5.32 Å². The molecule has 0 saturated heterocycles. The Morgan fingerprint density at radius 3 is 2.50 bits per heavy atom. The van der Waals surface area contributed by atoms with Gasteiger partial charge in [-0.2, -0.15) is 0 Å². The Kier molecular flexibility index (Phi) is 4.43. The normalized spacial score (nSPS) is 14.2. The molecule has 0 saturated carbocycles. The number of hydrogen-bond acceptors (Lipinski definition) is 2. The molecule has 0 aliphatic rings. The molecule has 2 atom stereocenters. The topological polar surface area (TPSA) is 49.3 Å². The molecule has 2 unspecified atom stereocenters. The van der Waals surface area contributed by atoms with Crippen LogP contribution in [0.1, 0.15) is 31.9 Å².